The molecule has 1 heterocycles. The molecular weight excluding hydrogens is 238 g/mol. The molecule has 1 N–H and O–H groups in total. The first-order valence-electron chi connectivity index (χ1n) is 6.36. The summed E-state index contributed by atoms with van der Waals surface area (Å²) in [6, 6.07) is -0.856. The number of hydrogen-bond donors (Lipinski definition) is 1. The Kier molecular flexibility index (Phi) is 6.04. The van der Waals surface area contributed by atoms with Crippen LogP contribution in [0.3, 0.4) is 0 Å². The van der Waals surface area contributed by atoms with E-state index in [1.54, 1.807) is 17.1 Å². The number of rotatable bonds is 8. The average Bonchev–Trinajstić information content (AvgIpc) is 2.78. The van der Waals surface area contributed by atoms with Gasteiger partial charge in [-0.1, -0.05) is 13.8 Å². The lowest BCUT2D eigenvalue weighted by atomic mass is 10.3. The Labute approximate surface area is 107 Å². The maximum atomic E-state index is 12.4. The van der Waals surface area contributed by atoms with Gasteiger partial charge < -0.3 is 10.2 Å². The van der Waals surface area contributed by atoms with Gasteiger partial charge in [0.25, 0.3) is 6.43 Å². The fourth-order valence-electron chi connectivity index (χ4n) is 1.67. The molecule has 0 aliphatic rings. The molecule has 1 aromatic heterocycles. The van der Waals surface area contributed by atoms with Crippen molar-refractivity contribution in [3.63, 3.8) is 0 Å². The fourth-order valence-corrected chi connectivity index (χ4v) is 1.67. The van der Waals surface area contributed by atoms with Crippen LogP contribution in [-0.4, -0.2) is 46.8 Å². The van der Waals surface area contributed by atoms with Gasteiger partial charge in [0.15, 0.2) is 0 Å². The minimum Gasteiger partial charge on any atom is -0.374 e. The number of halogens is 2. The van der Waals surface area contributed by atoms with Crippen LogP contribution < -0.4 is 5.32 Å². The van der Waals surface area contributed by atoms with Crippen LogP contribution >= 0.6 is 0 Å². The van der Waals surface area contributed by atoms with E-state index in [-0.39, 0.29) is 0 Å². The zero-order valence-electron chi connectivity index (χ0n) is 11.2. The lowest BCUT2D eigenvalue weighted by molar-refractivity contribution is 0.130. The minimum absolute atomic E-state index is 0.641. The molecule has 4 nitrogen and oxygen atoms in total. The number of likely N-dealkylation sites (N-methyl/N-ethyl adjacent to an activating group) is 1. The molecular formula is C12H22F2N4. The Morgan fingerprint density at radius 1 is 1.39 bits per heavy atom. The van der Waals surface area contributed by atoms with Crippen molar-refractivity contribution in [2.75, 3.05) is 25.0 Å². The lowest BCUT2D eigenvalue weighted by Gasteiger charge is -2.17. The van der Waals surface area contributed by atoms with E-state index in [1.165, 1.54) is 6.92 Å². The highest BCUT2D eigenvalue weighted by molar-refractivity contribution is 5.39. The first-order valence-corrected chi connectivity index (χ1v) is 6.36. The Morgan fingerprint density at radius 3 is 2.61 bits per heavy atom. The highest BCUT2D eigenvalue weighted by Gasteiger charge is 2.14. The number of nitrogens with zero attached hydrogens (tertiary/aromatic N) is 3. The molecule has 0 aliphatic carbocycles. The Balaban J connectivity index is 2.43. The molecule has 0 bridgehead atoms. The predicted octanol–water partition coefficient (Wildman–Crippen LogP) is 2.29. The van der Waals surface area contributed by atoms with E-state index in [0.717, 1.165) is 26.2 Å². The summed E-state index contributed by atoms with van der Waals surface area (Å²) in [6.45, 7) is 9.38. The lowest BCUT2D eigenvalue weighted by Crippen LogP contribution is -2.27. The van der Waals surface area contributed by atoms with Gasteiger partial charge in [0.05, 0.1) is 24.5 Å². The van der Waals surface area contributed by atoms with E-state index >= 15 is 0 Å². The molecule has 0 aliphatic heterocycles. The summed E-state index contributed by atoms with van der Waals surface area (Å²) in [5.41, 5.74) is 0.641. The van der Waals surface area contributed by atoms with Crippen molar-refractivity contribution in [2.45, 2.75) is 39.8 Å². The van der Waals surface area contributed by atoms with Crippen LogP contribution in [0.5, 0.6) is 0 Å². The number of nitrogens with one attached hydrogen (secondary N) is 1. The van der Waals surface area contributed by atoms with Crippen LogP contribution in [0, 0.1) is 0 Å². The Hall–Kier alpha value is -1.17. The zero-order valence-corrected chi connectivity index (χ0v) is 11.2. The van der Waals surface area contributed by atoms with Crippen molar-refractivity contribution in [1.82, 2.24) is 14.7 Å². The summed E-state index contributed by atoms with van der Waals surface area (Å²) in [7, 11) is 0. The van der Waals surface area contributed by atoms with E-state index in [0.29, 0.717) is 5.69 Å². The maximum absolute atomic E-state index is 12.4. The zero-order chi connectivity index (χ0) is 13.5. The van der Waals surface area contributed by atoms with Gasteiger partial charge in [-0.3, -0.25) is 4.68 Å². The van der Waals surface area contributed by atoms with Crippen LogP contribution in [0.1, 0.15) is 20.8 Å². The molecule has 0 aromatic carbocycles. The largest absolute Gasteiger partial charge is 0.374 e. The molecule has 0 saturated carbocycles. The van der Waals surface area contributed by atoms with E-state index in [2.05, 4.69) is 29.2 Å². The monoisotopic (exact) mass is 260 g/mol. The maximum Gasteiger partial charge on any atom is 0.258 e. The third-order valence-electron chi connectivity index (χ3n) is 2.95. The highest BCUT2D eigenvalue weighted by Crippen LogP contribution is 2.10. The van der Waals surface area contributed by atoms with Crippen LogP contribution in [0.2, 0.25) is 0 Å². The van der Waals surface area contributed by atoms with Crippen molar-refractivity contribution < 1.29 is 8.78 Å². The minimum atomic E-state index is -2.37. The average molecular weight is 260 g/mol. The number of hydrogen-bond acceptors (Lipinski definition) is 3. The molecule has 104 valence electrons. The van der Waals surface area contributed by atoms with Gasteiger partial charge in [0, 0.05) is 12.7 Å². The first-order chi connectivity index (χ1) is 8.56. The summed E-state index contributed by atoms with van der Waals surface area (Å²) in [5, 5.41) is 6.88. The van der Waals surface area contributed by atoms with Crippen molar-refractivity contribution in [2.24, 2.45) is 0 Å². The van der Waals surface area contributed by atoms with E-state index in [1.807, 2.05) is 0 Å². The molecule has 0 fully saturated rings. The summed E-state index contributed by atoms with van der Waals surface area (Å²) in [6.07, 6.45) is 0.979. The van der Waals surface area contributed by atoms with Gasteiger partial charge in [-0.2, -0.15) is 5.10 Å². The van der Waals surface area contributed by atoms with Crippen LogP contribution in [-0.2, 0) is 6.54 Å². The Morgan fingerprint density at radius 2 is 2.06 bits per heavy atom. The molecule has 0 radical (unpaired) electrons. The van der Waals surface area contributed by atoms with Crippen molar-refractivity contribution in [3.8, 4) is 0 Å². The van der Waals surface area contributed by atoms with Gasteiger partial charge in [-0.25, -0.2) is 8.78 Å². The van der Waals surface area contributed by atoms with Gasteiger partial charge in [0.1, 0.15) is 0 Å². The van der Waals surface area contributed by atoms with Crippen LogP contribution in [0.25, 0.3) is 0 Å². The smallest absolute Gasteiger partial charge is 0.258 e. The number of aromatic nitrogens is 2. The summed E-state index contributed by atoms with van der Waals surface area (Å²) < 4.78 is 26.5. The molecule has 1 atom stereocenters. The van der Waals surface area contributed by atoms with Crippen molar-refractivity contribution in [3.05, 3.63) is 12.4 Å². The van der Waals surface area contributed by atoms with Gasteiger partial charge >= 0.3 is 0 Å². The second kappa shape index (κ2) is 7.31. The molecule has 0 spiro atoms. The molecule has 18 heavy (non-hydrogen) atoms. The summed E-state index contributed by atoms with van der Waals surface area (Å²) in [5.74, 6) is 0. The molecule has 0 amide bonds. The van der Waals surface area contributed by atoms with Gasteiger partial charge in [0.2, 0.25) is 0 Å². The number of anilines is 1. The van der Waals surface area contributed by atoms with E-state index in [9.17, 15) is 8.78 Å². The molecule has 1 rings (SSSR count). The third-order valence-corrected chi connectivity index (χ3v) is 2.95. The van der Waals surface area contributed by atoms with Gasteiger partial charge in [-0.15, -0.1) is 0 Å². The quantitative estimate of drug-likeness (QED) is 0.778. The van der Waals surface area contributed by atoms with Crippen molar-refractivity contribution >= 4 is 5.69 Å². The summed E-state index contributed by atoms with van der Waals surface area (Å²) in [4.78, 5) is 2.29. The third kappa shape index (κ3) is 4.60. The van der Waals surface area contributed by atoms with Gasteiger partial charge in [-0.05, 0) is 20.0 Å². The summed E-state index contributed by atoms with van der Waals surface area (Å²) >= 11 is 0. The van der Waals surface area contributed by atoms with E-state index in [4.69, 9.17) is 0 Å². The number of alkyl halides is 2. The second-order valence-electron chi connectivity index (χ2n) is 4.29. The standard InChI is InChI=1S/C12H22F2N4/c1-4-17(5-2)6-7-18-9-11(8-15-18)16-10(3)12(13)14/h8-10,12,16H,4-7H2,1-3H3. The first kappa shape index (κ1) is 14.9. The van der Waals surface area contributed by atoms with E-state index < -0.39 is 12.5 Å². The topological polar surface area (TPSA) is 33.1 Å². The highest BCUT2D eigenvalue weighted by atomic mass is 19.3. The van der Waals surface area contributed by atoms with Crippen LogP contribution in [0.15, 0.2) is 12.4 Å². The molecule has 1 unspecified atom stereocenters. The normalized spacial score (nSPS) is 13.3. The molecule has 0 saturated heterocycles. The molecule has 6 heteroatoms. The Bertz CT molecular complexity index is 337. The van der Waals surface area contributed by atoms with Crippen molar-refractivity contribution in [1.29, 1.82) is 0 Å². The fraction of sp³-hybridized carbons (Fsp3) is 0.750. The predicted molar refractivity (Wildman–Crippen MR) is 69.1 cm³/mol. The van der Waals surface area contributed by atoms with Crippen LogP contribution in [0.4, 0.5) is 14.5 Å². The SMILES string of the molecule is CCN(CC)CCn1cc(NC(C)C(F)F)cn1. The second-order valence-corrected chi connectivity index (χ2v) is 4.29. The molecule has 1 aromatic rings.